The number of hydrogen-bond acceptors (Lipinski definition) is 11. The van der Waals surface area contributed by atoms with Gasteiger partial charge in [-0.1, -0.05) is 45.1 Å². The lowest BCUT2D eigenvalue weighted by molar-refractivity contribution is -0.184. The third-order valence-corrected chi connectivity index (χ3v) is 15.4. The molecule has 4 aliphatic heterocycles. The number of nitrogens with two attached hydrogens (primary N) is 1. The summed E-state index contributed by atoms with van der Waals surface area (Å²) in [5, 5.41) is 4.58. The van der Waals surface area contributed by atoms with Crippen LogP contribution in [0.4, 0.5) is 5.82 Å². The van der Waals surface area contributed by atoms with Crippen molar-refractivity contribution in [3.05, 3.63) is 86.4 Å². The van der Waals surface area contributed by atoms with Gasteiger partial charge in [0.15, 0.2) is 11.2 Å². The molecule has 0 radical (unpaired) electrons. The first-order chi connectivity index (χ1) is 25.5. The maximum Gasteiger partial charge on any atom is 0.336 e. The monoisotopic (exact) mass is 750 g/mol. The van der Waals surface area contributed by atoms with Crippen molar-refractivity contribution >= 4 is 50.3 Å². The number of fused-ring (bicyclic) bond motifs is 8. The van der Waals surface area contributed by atoms with Gasteiger partial charge in [-0.2, -0.15) is 0 Å². The first-order valence-corrected chi connectivity index (χ1v) is 20.7. The fraction of sp³-hybridized carbons (Fsp3) is 0.463. The van der Waals surface area contributed by atoms with Gasteiger partial charge in [-0.15, -0.1) is 0 Å². The number of nitrogens with zero attached hydrogens (tertiary/aromatic N) is 2. The van der Waals surface area contributed by atoms with Gasteiger partial charge >= 0.3 is 11.6 Å². The molecular weight excluding hydrogens is 709 g/mol. The number of rotatable bonds is 3. The minimum Gasteiger partial charge on any atom is -0.481 e. The van der Waals surface area contributed by atoms with Gasteiger partial charge in [-0.3, -0.25) is 4.79 Å². The van der Waals surface area contributed by atoms with Gasteiger partial charge in [0.05, 0.1) is 18.4 Å². The van der Waals surface area contributed by atoms with E-state index < -0.39 is 28.7 Å². The lowest BCUT2D eigenvalue weighted by Gasteiger charge is -2.58. The number of ether oxygens (including phenoxy) is 2. The zero-order valence-corrected chi connectivity index (χ0v) is 31.8. The third kappa shape index (κ3) is 5.36. The fourth-order valence-electron chi connectivity index (χ4n) is 9.92. The predicted octanol–water partition coefficient (Wildman–Crippen LogP) is 5.34. The van der Waals surface area contributed by atoms with E-state index in [-0.39, 0.29) is 35.6 Å². The number of nitrogens with one attached hydrogen (secondary N) is 1. The number of benzene rings is 1. The third-order valence-electron chi connectivity index (χ3n) is 12.6. The first-order valence-electron chi connectivity index (χ1n) is 18.3. The Balaban J connectivity index is 1.31. The van der Waals surface area contributed by atoms with Gasteiger partial charge < -0.3 is 29.8 Å². The molecule has 1 amide bonds. The van der Waals surface area contributed by atoms with Crippen molar-refractivity contribution in [2.45, 2.75) is 87.3 Å². The van der Waals surface area contributed by atoms with E-state index in [1.165, 1.54) is 6.07 Å². The van der Waals surface area contributed by atoms with E-state index in [0.29, 0.717) is 60.2 Å². The lowest BCUT2D eigenvalue weighted by atomic mass is 9.59. The maximum absolute atomic E-state index is 14.4. The van der Waals surface area contributed by atoms with Crippen LogP contribution in [-0.2, 0) is 27.2 Å². The first kappa shape index (κ1) is 34.6. The molecule has 1 spiro atoms. The molecule has 1 aromatic carbocycles. The van der Waals surface area contributed by atoms with Gasteiger partial charge in [-0.25, -0.2) is 14.6 Å². The highest BCUT2D eigenvalue weighted by Gasteiger charge is 2.65. The average Bonchev–Trinajstić information content (AvgIpc) is 3.47. The van der Waals surface area contributed by atoms with Crippen LogP contribution in [0.2, 0.25) is 0 Å². The van der Waals surface area contributed by atoms with Gasteiger partial charge in [0.2, 0.25) is 5.91 Å². The second-order valence-corrected chi connectivity index (χ2v) is 18.1. The Bertz CT molecular complexity index is 2270. The Hall–Kier alpha value is -4.18. The van der Waals surface area contributed by atoms with Crippen molar-refractivity contribution in [2.75, 3.05) is 25.1 Å². The largest absolute Gasteiger partial charge is 0.481 e. The van der Waals surface area contributed by atoms with Gasteiger partial charge in [0, 0.05) is 84.0 Å². The molecule has 1 saturated carbocycles. The number of aromatic nitrogens is 1. The van der Waals surface area contributed by atoms with Crippen molar-refractivity contribution in [2.24, 2.45) is 11.8 Å². The smallest absolute Gasteiger partial charge is 0.336 e. The van der Waals surface area contributed by atoms with Crippen molar-refractivity contribution in [3.63, 3.8) is 0 Å². The highest BCUT2D eigenvalue weighted by Crippen LogP contribution is 2.61. The lowest BCUT2D eigenvalue weighted by Crippen LogP contribution is -2.71. The van der Waals surface area contributed by atoms with Crippen LogP contribution in [0.15, 0.2) is 68.5 Å². The van der Waals surface area contributed by atoms with E-state index in [1.807, 2.05) is 54.6 Å². The number of nitrogen functional groups attached to an aromatic ring is 1. The molecule has 53 heavy (non-hydrogen) atoms. The predicted molar refractivity (Wildman–Crippen MR) is 206 cm³/mol. The number of anilines is 1. The van der Waals surface area contributed by atoms with Crippen LogP contribution in [0.1, 0.15) is 62.6 Å². The Morgan fingerprint density at radius 3 is 2.87 bits per heavy atom. The van der Waals surface area contributed by atoms with Crippen molar-refractivity contribution < 1.29 is 23.5 Å². The number of carbonyl (C=O) groups excluding carboxylic acids is 2. The zero-order chi connectivity index (χ0) is 36.8. The molecule has 10 nitrogen and oxygen atoms in total. The second-order valence-electron chi connectivity index (χ2n) is 15.5. The van der Waals surface area contributed by atoms with E-state index in [4.69, 9.17) is 19.6 Å². The summed E-state index contributed by atoms with van der Waals surface area (Å²) in [5.41, 5.74) is 9.38. The van der Waals surface area contributed by atoms with Crippen LogP contribution in [0.3, 0.4) is 0 Å². The second kappa shape index (κ2) is 12.7. The van der Waals surface area contributed by atoms with Gasteiger partial charge in [0.25, 0.3) is 0 Å². The Morgan fingerprint density at radius 2 is 2.06 bits per heavy atom. The van der Waals surface area contributed by atoms with E-state index in [1.54, 1.807) is 31.3 Å². The van der Waals surface area contributed by atoms with E-state index in [0.717, 1.165) is 39.6 Å². The molecule has 3 aromatic rings. The Kier molecular flexibility index (Phi) is 8.29. The number of allylic oxidation sites excluding steroid dienone is 1. The fourth-order valence-corrected chi connectivity index (χ4v) is 13.1. The number of amides is 1. The number of carbonyl (C=O) groups is 2. The minimum atomic E-state index is -1.21. The highest BCUT2D eigenvalue weighted by atomic mass is 33.1. The molecule has 6 heterocycles. The molecule has 9 rings (SSSR count). The molecule has 3 N–H and O–H groups in total. The number of esters is 1. The molecular formula is C41H42N4O6S2. The molecule has 274 valence electrons. The van der Waals surface area contributed by atoms with Gasteiger partial charge in [0.1, 0.15) is 17.2 Å². The van der Waals surface area contributed by atoms with Crippen LogP contribution >= 0.6 is 21.6 Å². The quantitative estimate of drug-likeness (QED) is 0.0897. The Labute approximate surface area is 316 Å². The number of pyridine rings is 1. The SMILES string of the molecule is CC=C(C)C(=O)OC1(C)CC2=C3CSSC4CC(C#CC2)C(NC)C2CN(C(=O)Cc5cnc(N)cc5C3C13Cc1cc5ccc(=O)oc5cc1O3)C42. The topological polar surface area (TPSA) is 137 Å². The number of hydrogen-bond donors (Lipinski definition) is 2. The van der Waals surface area contributed by atoms with Crippen LogP contribution < -0.4 is 21.4 Å². The van der Waals surface area contributed by atoms with Crippen molar-refractivity contribution in [3.8, 4) is 17.6 Å². The van der Waals surface area contributed by atoms with Crippen LogP contribution in [0, 0.1) is 23.7 Å². The molecule has 3 bridgehead atoms. The average molecular weight is 751 g/mol. The van der Waals surface area contributed by atoms with Crippen LogP contribution in [0.5, 0.6) is 5.75 Å². The standard InChI is InChI=1S/C41H42N4O6S2/c1-5-21(2)39(48)51-40(3)16-24-8-6-7-23-12-32-38-28(37(23)43-4)19-45(38)34(46)13-26-18-44-33(42)14-27(26)36(29(24)20-52-53-32)41(40)17-25-11-22-9-10-35(47)49-30(22)15-31(25)50-41/h5,9-11,14-15,18,23,28,32,36-38,43H,8,12-13,16-17,19-20H2,1-4H3,(H2,42,44). The van der Waals surface area contributed by atoms with E-state index in [2.05, 4.69) is 27.0 Å². The van der Waals surface area contributed by atoms with Crippen molar-refractivity contribution in [1.29, 1.82) is 0 Å². The normalized spacial score (nSPS) is 32.9. The minimum absolute atomic E-state index is 0.0647. The summed E-state index contributed by atoms with van der Waals surface area (Å²) < 4.78 is 19.6. The molecule has 8 atom stereocenters. The molecule has 2 fully saturated rings. The van der Waals surface area contributed by atoms with Crippen LogP contribution in [0.25, 0.3) is 11.0 Å². The summed E-state index contributed by atoms with van der Waals surface area (Å²) in [5.74, 6) is 8.52. The summed E-state index contributed by atoms with van der Waals surface area (Å²) in [7, 11) is 5.71. The molecule has 2 aliphatic carbocycles. The molecule has 12 heteroatoms. The summed E-state index contributed by atoms with van der Waals surface area (Å²) in [6.07, 6.45) is 5.86. The molecule has 8 unspecified atom stereocenters. The molecule has 1 saturated heterocycles. The summed E-state index contributed by atoms with van der Waals surface area (Å²) in [6, 6.07) is 9.14. The van der Waals surface area contributed by atoms with Crippen molar-refractivity contribution in [1.82, 2.24) is 15.2 Å². The molecule has 6 aliphatic rings. The zero-order valence-electron chi connectivity index (χ0n) is 30.2. The molecule has 2 aromatic heterocycles. The highest BCUT2D eigenvalue weighted by molar-refractivity contribution is 8.77. The van der Waals surface area contributed by atoms with Crippen LogP contribution in [-0.4, -0.2) is 69.6 Å². The maximum atomic E-state index is 14.4. The Morgan fingerprint density at radius 1 is 1.21 bits per heavy atom. The van der Waals surface area contributed by atoms with E-state index >= 15 is 0 Å². The summed E-state index contributed by atoms with van der Waals surface area (Å²) in [4.78, 5) is 47.2. The van der Waals surface area contributed by atoms with E-state index in [9.17, 15) is 14.4 Å². The summed E-state index contributed by atoms with van der Waals surface area (Å²) >= 11 is 0. The summed E-state index contributed by atoms with van der Waals surface area (Å²) in [6.45, 7) is 6.24. The van der Waals surface area contributed by atoms with Gasteiger partial charge in [-0.05, 0) is 74.7 Å².